The maximum absolute atomic E-state index is 12.7. The first-order chi connectivity index (χ1) is 14.9. The normalized spacial score (nSPS) is 14.3. The zero-order chi connectivity index (χ0) is 24.8. The Morgan fingerprint density at radius 1 is 0.750 bits per heavy atom. The molecule has 0 saturated heterocycles. The van der Waals surface area contributed by atoms with Crippen LogP contribution in [-0.2, 0) is 28.8 Å². The predicted octanol–water partition coefficient (Wildman–Crippen LogP) is -2.66. The first kappa shape index (κ1) is 28.7. The van der Waals surface area contributed by atoms with Gasteiger partial charge in [-0.25, -0.2) is 4.79 Å². The quantitative estimate of drug-likeness (QED) is 0.110. The number of carboxylic acids is 3. The van der Waals surface area contributed by atoms with E-state index in [1.807, 2.05) is 5.32 Å². The summed E-state index contributed by atoms with van der Waals surface area (Å²) in [6, 6.07) is -5.34. The van der Waals surface area contributed by atoms with Crippen LogP contribution in [-0.4, -0.2) is 81.7 Å². The van der Waals surface area contributed by atoms with Crippen LogP contribution in [0.15, 0.2) is 0 Å². The van der Waals surface area contributed by atoms with E-state index in [1.54, 1.807) is 0 Å². The first-order valence-electron chi connectivity index (χ1n) is 9.92. The second-order valence-electron chi connectivity index (χ2n) is 7.13. The average molecular weight is 461 g/mol. The van der Waals surface area contributed by atoms with Crippen molar-refractivity contribution >= 4 is 35.6 Å². The number of carbonyl (C=O) groups excluding carboxylic acids is 3. The summed E-state index contributed by atoms with van der Waals surface area (Å²) in [7, 11) is 0. The lowest BCUT2D eigenvalue weighted by Crippen LogP contribution is -2.57. The molecule has 0 aromatic carbocycles. The summed E-state index contributed by atoms with van der Waals surface area (Å²) in [5, 5.41) is 33.6. The van der Waals surface area contributed by atoms with E-state index in [0.29, 0.717) is 19.4 Å². The molecule has 0 heterocycles. The molecule has 0 fully saturated rings. The van der Waals surface area contributed by atoms with Crippen molar-refractivity contribution in [1.82, 2.24) is 16.0 Å². The summed E-state index contributed by atoms with van der Waals surface area (Å²) in [4.78, 5) is 70.1. The summed E-state index contributed by atoms with van der Waals surface area (Å²) in [5.41, 5.74) is 10.9. The minimum Gasteiger partial charge on any atom is -0.481 e. The molecular weight excluding hydrogens is 430 g/mol. The summed E-state index contributed by atoms with van der Waals surface area (Å²) in [6.07, 6.45) is -0.754. The predicted molar refractivity (Wildman–Crippen MR) is 109 cm³/mol. The monoisotopic (exact) mass is 461 g/mol. The van der Waals surface area contributed by atoms with Gasteiger partial charge >= 0.3 is 17.9 Å². The van der Waals surface area contributed by atoms with Gasteiger partial charge < -0.3 is 42.7 Å². The minimum atomic E-state index is -1.67. The Balaban J connectivity index is 5.42. The first-order valence-corrected chi connectivity index (χ1v) is 9.92. The molecule has 182 valence electrons. The molecular formula is C18H31N5O9. The van der Waals surface area contributed by atoms with Crippen molar-refractivity contribution in [2.75, 3.05) is 6.54 Å². The third kappa shape index (κ3) is 11.8. The van der Waals surface area contributed by atoms with Crippen LogP contribution in [0.1, 0.15) is 45.4 Å². The molecule has 0 radical (unpaired) electrons. The van der Waals surface area contributed by atoms with Crippen molar-refractivity contribution in [3.05, 3.63) is 0 Å². The summed E-state index contributed by atoms with van der Waals surface area (Å²) in [5.74, 6) is -6.90. The maximum Gasteiger partial charge on any atom is 0.326 e. The van der Waals surface area contributed by atoms with Gasteiger partial charge in [0.05, 0.1) is 12.5 Å². The van der Waals surface area contributed by atoms with Crippen molar-refractivity contribution in [1.29, 1.82) is 0 Å². The number of nitrogens with one attached hydrogen (secondary N) is 3. The average Bonchev–Trinajstić information content (AvgIpc) is 2.68. The minimum absolute atomic E-state index is 0.138. The highest BCUT2D eigenvalue weighted by atomic mass is 16.4. The number of carbonyl (C=O) groups is 6. The third-order valence-electron chi connectivity index (χ3n) is 4.27. The van der Waals surface area contributed by atoms with Gasteiger partial charge in [-0.3, -0.25) is 24.0 Å². The number of nitrogens with two attached hydrogens (primary N) is 2. The highest BCUT2D eigenvalue weighted by molar-refractivity contribution is 5.95. The van der Waals surface area contributed by atoms with E-state index >= 15 is 0 Å². The molecule has 32 heavy (non-hydrogen) atoms. The van der Waals surface area contributed by atoms with Gasteiger partial charge in [0.25, 0.3) is 0 Å². The van der Waals surface area contributed by atoms with Gasteiger partial charge in [0.1, 0.15) is 18.1 Å². The highest BCUT2D eigenvalue weighted by Crippen LogP contribution is 2.05. The third-order valence-corrected chi connectivity index (χ3v) is 4.27. The van der Waals surface area contributed by atoms with Crippen molar-refractivity contribution in [3.63, 3.8) is 0 Å². The molecule has 0 aliphatic rings. The lowest BCUT2D eigenvalue weighted by molar-refractivity contribution is -0.144. The van der Waals surface area contributed by atoms with Crippen LogP contribution in [0.4, 0.5) is 0 Å². The maximum atomic E-state index is 12.7. The topological polar surface area (TPSA) is 251 Å². The number of unbranched alkanes of at least 4 members (excludes halogenated alkanes) is 1. The fraction of sp³-hybridized carbons (Fsp3) is 0.667. The van der Waals surface area contributed by atoms with Gasteiger partial charge in [-0.05, 0) is 39.2 Å². The standard InChI is InChI=1S/C18H31N5O9/c1-9(20)15(28)21-10(4-2-3-7-19)16(29)23-12(8-14(26)27)17(30)22-11(18(31)32)5-6-13(24)25/h9-12H,2-8,19-20H2,1H3,(H,21,28)(H,22,30)(H,23,29)(H,24,25)(H,26,27)(H,31,32). The van der Waals surface area contributed by atoms with E-state index in [9.17, 15) is 28.8 Å². The van der Waals surface area contributed by atoms with Crippen LogP contribution in [0.5, 0.6) is 0 Å². The van der Waals surface area contributed by atoms with Gasteiger partial charge in [0, 0.05) is 6.42 Å². The van der Waals surface area contributed by atoms with Crippen molar-refractivity contribution < 1.29 is 44.1 Å². The Hall–Kier alpha value is -3.26. The molecule has 14 heteroatoms. The smallest absolute Gasteiger partial charge is 0.326 e. The zero-order valence-corrected chi connectivity index (χ0v) is 17.7. The van der Waals surface area contributed by atoms with Crippen LogP contribution in [0.25, 0.3) is 0 Å². The fourth-order valence-electron chi connectivity index (χ4n) is 2.52. The second-order valence-corrected chi connectivity index (χ2v) is 7.13. The van der Waals surface area contributed by atoms with E-state index in [4.69, 9.17) is 26.8 Å². The summed E-state index contributed by atoms with van der Waals surface area (Å²) >= 11 is 0. The van der Waals surface area contributed by atoms with Crippen molar-refractivity contribution in [2.45, 2.75) is 69.6 Å². The zero-order valence-electron chi connectivity index (χ0n) is 17.7. The number of aliphatic carboxylic acids is 3. The Morgan fingerprint density at radius 2 is 1.28 bits per heavy atom. The number of hydrogen-bond donors (Lipinski definition) is 8. The van der Waals surface area contributed by atoms with Gasteiger partial charge in [-0.2, -0.15) is 0 Å². The summed E-state index contributed by atoms with van der Waals surface area (Å²) in [6.45, 7) is 1.74. The van der Waals surface area contributed by atoms with Crippen molar-refractivity contribution in [3.8, 4) is 0 Å². The van der Waals surface area contributed by atoms with Crippen LogP contribution in [0.3, 0.4) is 0 Å². The van der Waals surface area contributed by atoms with Crippen LogP contribution in [0.2, 0.25) is 0 Å². The largest absolute Gasteiger partial charge is 0.481 e. The molecule has 0 bridgehead atoms. The Labute approximate surface area is 184 Å². The molecule has 4 unspecified atom stereocenters. The molecule has 0 aromatic rings. The van der Waals surface area contributed by atoms with E-state index in [0.717, 1.165) is 0 Å². The molecule has 10 N–H and O–H groups in total. The van der Waals surface area contributed by atoms with E-state index < -0.39 is 79.1 Å². The van der Waals surface area contributed by atoms with Crippen LogP contribution in [0, 0.1) is 0 Å². The highest BCUT2D eigenvalue weighted by Gasteiger charge is 2.31. The van der Waals surface area contributed by atoms with E-state index in [-0.39, 0.29) is 6.42 Å². The molecule has 0 aliphatic heterocycles. The Kier molecular flexibility index (Phi) is 13.2. The van der Waals surface area contributed by atoms with Crippen molar-refractivity contribution in [2.24, 2.45) is 11.5 Å². The van der Waals surface area contributed by atoms with Gasteiger partial charge in [-0.15, -0.1) is 0 Å². The Bertz CT molecular complexity index is 698. The summed E-state index contributed by atoms with van der Waals surface area (Å²) < 4.78 is 0. The van der Waals surface area contributed by atoms with Crippen LogP contribution >= 0.6 is 0 Å². The van der Waals surface area contributed by atoms with Gasteiger partial charge in [-0.1, -0.05) is 0 Å². The molecule has 0 aliphatic carbocycles. The van der Waals surface area contributed by atoms with Gasteiger partial charge in [0.15, 0.2) is 0 Å². The number of hydrogen-bond acceptors (Lipinski definition) is 8. The molecule has 0 aromatic heterocycles. The molecule has 0 saturated carbocycles. The van der Waals surface area contributed by atoms with E-state index in [1.165, 1.54) is 6.92 Å². The number of amides is 3. The number of rotatable bonds is 16. The lowest BCUT2D eigenvalue weighted by atomic mass is 10.1. The van der Waals surface area contributed by atoms with Gasteiger partial charge in [0.2, 0.25) is 17.7 Å². The Morgan fingerprint density at radius 3 is 1.75 bits per heavy atom. The molecule has 3 amide bonds. The number of carboxylic acid groups (broad SMARTS) is 3. The fourth-order valence-corrected chi connectivity index (χ4v) is 2.52. The molecule has 0 spiro atoms. The SMILES string of the molecule is CC(N)C(=O)NC(CCCCN)C(=O)NC(CC(=O)O)C(=O)NC(CCC(=O)O)C(=O)O. The molecule has 4 atom stereocenters. The lowest BCUT2D eigenvalue weighted by Gasteiger charge is -2.24. The van der Waals surface area contributed by atoms with Crippen LogP contribution < -0.4 is 27.4 Å². The molecule has 14 nitrogen and oxygen atoms in total. The second kappa shape index (κ2) is 14.7. The van der Waals surface area contributed by atoms with E-state index in [2.05, 4.69) is 10.6 Å². The molecule has 0 rings (SSSR count).